The fourth-order valence-corrected chi connectivity index (χ4v) is 3.56. The first-order chi connectivity index (χ1) is 12.1. The number of para-hydroxylation sites is 1. The molecule has 2 aromatic carbocycles. The molecule has 1 saturated heterocycles. The van der Waals surface area contributed by atoms with E-state index in [1.54, 1.807) is 6.92 Å². The molecule has 0 spiro atoms. The molecule has 1 heterocycles. The summed E-state index contributed by atoms with van der Waals surface area (Å²) in [5, 5.41) is 0.111. The van der Waals surface area contributed by atoms with Gasteiger partial charge in [-0.05, 0) is 35.7 Å². The number of likely N-dealkylation sites (tertiary alicyclic amines) is 1. The Bertz CT molecular complexity index is 730. The van der Waals surface area contributed by atoms with Crippen LogP contribution in [-0.2, 0) is 16.1 Å². The summed E-state index contributed by atoms with van der Waals surface area (Å²) in [5.41, 5.74) is 1.08. The number of carbonyl (C=O) groups is 2. The van der Waals surface area contributed by atoms with Gasteiger partial charge in [0, 0.05) is 32.2 Å². The van der Waals surface area contributed by atoms with Crippen molar-refractivity contribution in [2.75, 3.05) is 12.3 Å². The van der Waals surface area contributed by atoms with Gasteiger partial charge < -0.3 is 9.64 Å². The van der Waals surface area contributed by atoms with E-state index in [1.807, 2.05) is 59.5 Å². The van der Waals surface area contributed by atoms with Crippen molar-refractivity contribution < 1.29 is 14.3 Å². The fourth-order valence-electron chi connectivity index (χ4n) is 2.86. The number of thioether (sulfide) groups is 1. The zero-order chi connectivity index (χ0) is 17.6. The highest BCUT2D eigenvalue weighted by Crippen LogP contribution is 2.25. The van der Waals surface area contributed by atoms with E-state index in [2.05, 4.69) is 0 Å². The van der Waals surface area contributed by atoms with E-state index in [4.69, 9.17) is 4.74 Å². The first-order valence-corrected chi connectivity index (χ1v) is 9.31. The molecule has 1 amide bonds. The third kappa shape index (κ3) is 5.10. The Morgan fingerprint density at radius 2 is 1.80 bits per heavy atom. The molecule has 1 fully saturated rings. The van der Waals surface area contributed by atoms with Gasteiger partial charge in [0.2, 0.25) is 5.91 Å². The molecule has 1 aliphatic heterocycles. The Labute approximate surface area is 152 Å². The maximum Gasteiger partial charge on any atom is 0.223 e. The predicted octanol–water partition coefficient (Wildman–Crippen LogP) is 4.11. The summed E-state index contributed by atoms with van der Waals surface area (Å²) in [6.45, 7) is 2.89. The Balaban J connectivity index is 1.54. The molecule has 25 heavy (non-hydrogen) atoms. The summed E-state index contributed by atoms with van der Waals surface area (Å²) >= 11 is 1.31. The molecule has 1 aliphatic rings. The third-order valence-corrected chi connectivity index (χ3v) is 5.14. The van der Waals surface area contributed by atoms with Crippen molar-refractivity contribution in [1.82, 2.24) is 4.90 Å². The van der Waals surface area contributed by atoms with Gasteiger partial charge in [0.25, 0.3) is 0 Å². The average Bonchev–Trinajstić information content (AvgIpc) is 2.95. The van der Waals surface area contributed by atoms with Gasteiger partial charge >= 0.3 is 0 Å². The summed E-state index contributed by atoms with van der Waals surface area (Å²) in [7, 11) is 0. The zero-order valence-electron chi connectivity index (χ0n) is 14.2. The molecule has 4 nitrogen and oxygen atoms in total. The molecular formula is C20H21NO3S. The minimum Gasteiger partial charge on any atom is -0.457 e. The first kappa shape index (κ1) is 17.5. The highest BCUT2D eigenvalue weighted by molar-refractivity contribution is 8.13. The van der Waals surface area contributed by atoms with Crippen LogP contribution in [0.25, 0.3) is 0 Å². The number of rotatable bonds is 6. The Hall–Kier alpha value is -2.27. The summed E-state index contributed by atoms with van der Waals surface area (Å²) in [6, 6.07) is 17.5. The Morgan fingerprint density at radius 3 is 2.48 bits per heavy atom. The second-order valence-corrected chi connectivity index (χ2v) is 7.40. The van der Waals surface area contributed by atoms with Crippen molar-refractivity contribution >= 4 is 22.8 Å². The molecule has 0 aliphatic carbocycles. The van der Waals surface area contributed by atoms with Crippen molar-refractivity contribution in [3.05, 3.63) is 60.2 Å². The van der Waals surface area contributed by atoms with Crippen molar-refractivity contribution in [2.24, 2.45) is 5.92 Å². The fraction of sp³-hybridized carbons (Fsp3) is 0.300. The lowest BCUT2D eigenvalue weighted by molar-refractivity contribution is -0.128. The monoisotopic (exact) mass is 355 g/mol. The minimum atomic E-state index is 0.111. The number of benzene rings is 2. The summed E-state index contributed by atoms with van der Waals surface area (Å²) < 4.78 is 5.78. The van der Waals surface area contributed by atoms with E-state index in [0.717, 1.165) is 29.4 Å². The van der Waals surface area contributed by atoms with Crippen LogP contribution < -0.4 is 4.74 Å². The van der Waals surface area contributed by atoms with Gasteiger partial charge in [-0.2, -0.15) is 0 Å². The lowest BCUT2D eigenvalue weighted by Gasteiger charge is -2.17. The molecule has 0 bridgehead atoms. The molecular weight excluding hydrogens is 334 g/mol. The summed E-state index contributed by atoms with van der Waals surface area (Å²) in [4.78, 5) is 25.1. The van der Waals surface area contributed by atoms with Gasteiger partial charge in [-0.15, -0.1) is 0 Å². The highest BCUT2D eigenvalue weighted by Gasteiger charge is 2.29. The normalized spacial score (nSPS) is 16.9. The van der Waals surface area contributed by atoms with E-state index >= 15 is 0 Å². The predicted molar refractivity (Wildman–Crippen MR) is 99.6 cm³/mol. The molecule has 130 valence electrons. The van der Waals surface area contributed by atoms with Crippen LogP contribution in [-0.4, -0.2) is 28.2 Å². The topological polar surface area (TPSA) is 46.6 Å². The van der Waals surface area contributed by atoms with Crippen molar-refractivity contribution in [3.63, 3.8) is 0 Å². The molecule has 1 atom stereocenters. The van der Waals surface area contributed by atoms with Crippen LogP contribution in [0.5, 0.6) is 11.5 Å². The SMILES string of the molecule is CC(=O)SCC1CC(=O)N(Cc2ccc(Oc3ccccc3)cc2)C1. The van der Waals surface area contributed by atoms with E-state index in [-0.39, 0.29) is 16.9 Å². The molecule has 2 aromatic rings. The van der Waals surface area contributed by atoms with Gasteiger partial charge in [-0.25, -0.2) is 0 Å². The van der Waals surface area contributed by atoms with Crippen LogP contribution in [0, 0.1) is 5.92 Å². The summed E-state index contributed by atoms with van der Waals surface area (Å²) in [5.74, 6) is 2.73. The smallest absolute Gasteiger partial charge is 0.223 e. The maximum absolute atomic E-state index is 12.1. The lowest BCUT2D eigenvalue weighted by atomic mass is 10.1. The van der Waals surface area contributed by atoms with E-state index < -0.39 is 0 Å². The third-order valence-electron chi connectivity index (χ3n) is 4.09. The van der Waals surface area contributed by atoms with E-state index in [9.17, 15) is 9.59 Å². The van der Waals surface area contributed by atoms with E-state index in [1.165, 1.54) is 11.8 Å². The van der Waals surface area contributed by atoms with Gasteiger partial charge in [-0.3, -0.25) is 9.59 Å². The lowest BCUT2D eigenvalue weighted by Crippen LogP contribution is -2.24. The average molecular weight is 355 g/mol. The number of nitrogens with zero attached hydrogens (tertiary/aromatic N) is 1. The van der Waals surface area contributed by atoms with Crippen LogP contribution in [0.15, 0.2) is 54.6 Å². The number of ether oxygens (including phenoxy) is 1. The van der Waals surface area contributed by atoms with Crippen molar-refractivity contribution in [1.29, 1.82) is 0 Å². The standard InChI is InChI=1S/C20H21NO3S/c1-15(22)25-14-17-11-20(23)21(13-17)12-16-7-9-19(10-8-16)24-18-5-3-2-4-6-18/h2-10,17H,11-14H2,1H3. The Morgan fingerprint density at radius 1 is 1.12 bits per heavy atom. The largest absolute Gasteiger partial charge is 0.457 e. The van der Waals surface area contributed by atoms with Crippen LogP contribution in [0.3, 0.4) is 0 Å². The molecule has 1 unspecified atom stereocenters. The molecule has 5 heteroatoms. The molecule has 0 radical (unpaired) electrons. The zero-order valence-corrected chi connectivity index (χ0v) is 15.0. The van der Waals surface area contributed by atoms with Crippen LogP contribution >= 0.6 is 11.8 Å². The van der Waals surface area contributed by atoms with Gasteiger partial charge in [0.1, 0.15) is 11.5 Å². The molecule has 3 rings (SSSR count). The quantitative estimate of drug-likeness (QED) is 0.782. The van der Waals surface area contributed by atoms with Gasteiger partial charge in [-0.1, -0.05) is 42.1 Å². The van der Waals surface area contributed by atoms with Crippen molar-refractivity contribution in [3.8, 4) is 11.5 Å². The molecule has 0 aromatic heterocycles. The van der Waals surface area contributed by atoms with Crippen molar-refractivity contribution in [2.45, 2.75) is 19.9 Å². The van der Waals surface area contributed by atoms with Gasteiger partial charge in [0.15, 0.2) is 5.12 Å². The highest BCUT2D eigenvalue weighted by atomic mass is 32.2. The van der Waals surface area contributed by atoms with Crippen LogP contribution in [0.4, 0.5) is 0 Å². The van der Waals surface area contributed by atoms with Crippen LogP contribution in [0.2, 0.25) is 0 Å². The number of amides is 1. The number of carbonyl (C=O) groups excluding carboxylic acids is 2. The summed E-state index contributed by atoms with van der Waals surface area (Å²) in [6.07, 6.45) is 0.537. The Kier molecular flexibility index (Phi) is 5.76. The first-order valence-electron chi connectivity index (χ1n) is 8.33. The second-order valence-electron chi connectivity index (χ2n) is 6.21. The minimum absolute atomic E-state index is 0.111. The maximum atomic E-state index is 12.1. The second kappa shape index (κ2) is 8.21. The molecule has 0 saturated carbocycles. The van der Waals surface area contributed by atoms with Crippen LogP contribution in [0.1, 0.15) is 18.9 Å². The number of hydrogen-bond donors (Lipinski definition) is 0. The van der Waals surface area contributed by atoms with Gasteiger partial charge in [0.05, 0.1) is 0 Å². The molecule has 0 N–H and O–H groups in total. The number of hydrogen-bond acceptors (Lipinski definition) is 4. The van der Waals surface area contributed by atoms with E-state index in [0.29, 0.717) is 13.0 Å².